The van der Waals surface area contributed by atoms with E-state index < -0.39 is 5.97 Å². The molecule has 0 saturated carbocycles. The number of aromatic carboxylic acids is 1. The summed E-state index contributed by atoms with van der Waals surface area (Å²) in [5, 5.41) is 10.2. The molecule has 0 radical (unpaired) electrons. The molecule has 3 rings (SSSR count). The highest BCUT2D eigenvalue weighted by Gasteiger charge is 2.18. The Morgan fingerprint density at radius 1 is 1.45 bits per heavy atom. The lowest BCUT2D eigenvalue weighted by Crippen LogP contribution is -2.30. The fourth-order valence-electron chi connectivity index (χ4n) is 2.58. The average molecular weight is 288 g/mol. The number of aryl methyl sites for hydroxylation is 1. The van der Waals surface area contributed by atoms with E-state index in [-0.39, 0.29) is 0 Å². The van der Waals surface area contributed by atoms with Crippen molar-refractivity contribution in [2.45, 2.75) is 26.4 Å². The van der Waals surface area contributed by atoms with Crippen LogP contribution in [0.2, 0.25) is 0 Å². The zero-order chi connectivity index (χ0) is 14.1. The summed E-state index contributed by atoms with van der Waals surface area (Å²) in [6, 6.07) is 5.46. The molecule has 0 fully saturated rings. The van der Waals surface area contributed by atoms with Gasteiger partial charge >= 0.3 is 5.97 Å². The maximum atomic E-state index is 11.0. The molecule has 1 aromatic heterocycles. The molecule has 0 spiro atoms. The first-order valence-electron chi connectivity index (χ1n) is 6.60. The van der Waals surface area contributed by atoms with Gasteiger partial charge in [-0.3, -0.25) is 4.90 Å². The molecule has 1 aliphatic rings. The number of fused-ring (bicyclic) bond motifs is 1. The molecule has 0 aliphatic carbocycles. The van der Waals surface area contributed by atoms with Crippen molar-refractivity contribution in [1.29, 1.82) is 0 Å². The van der Waals surface area contributed by atoms with Crippen molar-refractivity contribution in [3.8, 4) is 0 Å². The number of aromatic nitrogens is 1. The largest absolute Gasteiger partial charge is 0.478 e. The lowest BCUT2D eigenvalue weighted by atomic mass is 9.97. The second kappa shape index (κ2) is 5.34. The van der Waals surface area contributed by atoms with Crippen LogP contribution in [0.15, 0.2) is 24.4 Å². The van der Waals surface area contributed by atoms with Crippen molar-refractivity contribution in [1.82, 2.24) is 9.88 Å². The molecule has 4 nitrogen and oxygen atoms in total. The zero-order valence-corrected chi connectivity index (χ0v) is 12.1. The summed E-state index contributed by atoms with van der Waals surface area (Å²) in [5.41, 5.74) is 2.78. The topological polar surface area (TPSA) is 53.4 Å². The second-order valence-electron chi connectivity index (χ2n) is 5.09. The van der Waals surface area contributed by atoms with E-state index in [1.807, 2.05) is 25.3 Å². The Hall–Kier alpha value is -1.72. The van der Waals surface area contributed by atoms with E-state index in [1.165, 1.54) is 10.4 Å². The summed E-state index contributed by atoms with van der Waals surface area (Å²) < 4.78 is 0. The van der Waals surface area contributed by atoms with Gasteiger partial charge in [0, 0.05) is 30.7 Å². The van der Waals surface area contributed by atoms with Crippen molar-refractivity contribution in [3.05, 3.63) is 51.0 Å². The van der Waals surface area contributed by atoms with Crippen LogP contribution in [0, 0.1) is 6.92 Å². The van der Waals surface area contributed by atoms with Crippen LogP contribution in [0.4, 0.5) is 0 Å². The van der Waals surface area contributed by atoms with Gasteiger partial charge in [0.25, 0.3) is 0 Å². The maximum absolute atomic E-state index is 11.0. The number of carbonyl (C=O) groups is 1. The first kappa shape index (κ1) is 13.3. The summed E-state index contributed by atoms with van der Waals surface area (Å²) in [4.78, 5) is 18.9. The number of hydrogen-bond donors (Lipinski definition) is 1. The van der Waals surface area contributed by atoms with E-state index in [0.29, 0.717) is 5.56 Å². The molecule has 0 unspecified atom stereocenters. The molecule has 20 heavy (non-hydrogen) atoms. The molecular formula is C15H16N2O2S. The van der Waals surface area contributed by atoms with Gasteiger partial charge in [-0.15, -0.1) is 11.3 Å². The minimum absolute atomic E-state index is 0.374. The molecule has 1 N–H and O–H groups in total. The van der Waals surface area contributed by atoms with Gasteiger partial charge in [0.2, 0.25) is 0 Å². The summed E-state index contributed by atoms with van der Waals surface area (Å²) in [6.07, 6.45) is 2.91. The fourth-order valence-corrected chi connectivity index (χ4v) is 3.42. The number of carboxylic acids is 1. The molecule has 1 aliphatic heterocycles. The highest BCUT2D eigenvalue weighted by Crippen LogP contribution is 2.23. The number of rotatable bonds is 3. The van der Waals surface area contributed by atoms with Crippen molar-refractivity contribution in [2.75, 3.05) is 6.54 Å². The van der Waals surface area contributed by atoms with Gasteiger partial charge in [-0.05, 0) is 36.6 Å². The number of hydrogen-bond acceptors (Lipinski definition) is 4. The third kappa shape index (κ3) is 2.73. The lowest BCUT2D eigenvalue weighted by Gasteiger charge is -2.28. The minimum Gasteiger partial charge on any atom is -0.478 e. The van der Waals surface area contributed by atoms with Crippen molar-refractivity contribution < 1.29 is 9.90 Å². The van der Waals surface area contributed by atoms with Gasteiger partial charge in [0.1, 0.15) is 0 Å². The molecule has 5 heteroatoms. The Morgan fingerprint density at radius 2 is 2.30 bits per heavy atom. The monoisotopic (exact) mass is 288 g/mol. The van der Waals surface area contributed by atoms with Gasteiger partial charge in [0.15, 0.2) is 0 Å². The first-order valence-corrected chi connectivity index (χ1v) is 7.42. The maximum Gasteiger partial charge on any atom is 0.335 e. The highest BCUT2D eigenvalue weighted by atomic mass is 32.1. The van der Waals surface area contributed by atoms with Gasteiger partial charge in [-0.25, -0.2) is 9.78 Å². The van der Waals surface area contributed by atoms with E-state index in [1.54, 1.807) is 17.4 Å². The molecule has 0 saturated heterocycles. The van der Waals surface area contributed by atoms with E-state index in [0.717, 1.165) is 36.6 Å². The Labute approximate surface area is 121 Å². The fraction of sp³-hybridized carbons (Fsp3) is 0.333. The summed E-state index contributed by atoms with van der Waals surface area (Å²) in [5.74, 6) is -0.858. The summed E-state index contributed by atoms with van der Waals surface area (Å²) in [7, 11) is 0. The molecule has 2 heterocycles. The Morgan fingerprint density at radius 3 is 3.00 bits per heavy atom. The number of thiazole rings is 1. The predicted molar refractivity (Wildman–Crippen MR) is 78.1 cm³/mol. The number of carboxylic acid groups (broad SMARTS) is 1. The van der Waals surface area contributed by atoms with Gasteiger partial charge in [-0.2, -0.15) is 0 Å². The van der Waals surface area contributed by atoms with Crippen molar-refractivity contribution in [2.24, 2.45) is 0 Å². The van der Waals surface area contributed by atoms with Crippen LogP contribution in [0.5, 0.6) is 0 Å². The molecule has 0 atom stereocenters. The zero-order valence-electron chi connectivity index (χ0n) is 11.3. The van der Waals surface area contributed by atoms with Crippen LogP contribution in [-0.2, 0) is 19.5 Å². The van der Waals surface area contributed by atoms with Crippen LogP contribution in [0.3, 0.4) is 0 Å². The van der Waals surface area contributed by atoms with E-state index in [4.69, 9.17) is 5.11 Å². The molecule has 104 valence electrons. The number of nitrogens with zero attached hydrogens (tertiary/aromatic N) is 2. The van der Waals surface area contributed by atoms with Crippen molar-refractivity contribution >= 4 is 17.3 Å². The normalized spacial score (nSPS) is 15.1. The van der Waals surface area contributed by atoms with Gasteiger partial charge in [0.05, 0.1) is 10.6 Å². The summed E-state index contributed by atoms with van der Waals surface area (Å²) in [6.45, 7) is 4.73. The predicted octanol–water partition coefficient (Wildman–Crippen LogP) is 2.71. The first-order chi connectivity index (χ1) is 9.61. The summed E-state index contributed by atoms with van der Waals surface area (Å²) >= 11 is 1.72. The molecule has 1 aromatic carbocycles. The molecular weight excluding hydrogens is 272 g/mol. The van der Waals surface area contributed by atoms with Crippen LogP contribution in [0.25, 0.3) is 0 Å². The third-order valence-corrected chi connectivity index (χ3v) is 4.49. The Kier molecular flexibility index (Phi) is 3.54. The van der Waals surface area contributed by atoms with Crippen LogP contribution >= 0.6 is 11.3 Å². The Bertz CT molecular complexity index is 651. The average Bonchev–Trinajstić information content (AvgIpc) is 2.83. The highest BCUT2D eigenvalue weighted by molar-refractivity contribution is 7.11. The quantitative estimate of drug-likeness (QED) is 0.943. The molecule has 0 bridgehead atoms. The Balaban J connectivity index is 1.76. The molecule has 2 aromatic rings. The molecule has 0 amide bonds. The standard InChI is InChI=1S/C15H16N2O2S/c1-10-16-7-14(20-10)9-17-5-4-11-2-3-12(15(18)19)6-13(11)8-17/h2-3,6-7H,4-5,8-9H2,1H3,(H,18,19). The van der Waals surface area contributed by atoms with E-state index in [9.17, 15) is 4.79 Å². The van der Waals surface area contributed by atoms with E-state index in [2.05, 4.69) is 9.88 Å². The number of benzene rings is 1. The van der Waals surface area contributed by atoms with Gasteiger partial charge < -0.3 is 5.11 Å². The van der Waals surface area contributed by atoms with Crippen LogP contribution in [0.1, 0.15) is 31.4 Å². The van der Waals surface area contributed by atoms with Gasteiger partial charge in [-0.1, -0.05) is 6.07 Å². The van der Waals surface area contributed by atoms with E-state index >= 15 is 0 Å². The third-order valence-electron chi connectivity index (χ3n) is 3.59. The minimum atomic E-state index is -0.858. The van der Waals surface area contributed by atoms with Crippen molar-refractivity contribution in [3.63, 3.8) is 0 Å². The van der Waals surface area contributed by atoms with Crippen LogP contribution in [-0.4, -0.2) is 27.5 Å². The van der Waals surface area contributed by atoms with Crippen LogP contribution < -0.4 is 0 Å². The smallest absolute Gasteiger partial charge is 0.335 e. The second-order valence-corrected chi connectivity index (χ2v) is 6.41. The SMILES string of the molecule is Cc1ncc(CN2CCc3ccc(C(=O)O)cc3C2)s1. The lowest BCUT2D eigenvalue weighted by molar-refractivity contribution is 0.0696.